The van der Waals surface area contributed by atoms with E-state index in [0.29, 0.717) is 6.61 Å². The predicted molar refractivity (Wildman–Crippen MR) is 128 cm³/mol. The summed E-state index contributed by atoms with van der Waals surface area (Å²) in [7, 11) is 0. The van der Waals surface area contributed by atoms with Gasteiger partial charge in [0.25, 0.3) is 0 Å². The molecule has 0 bridgehead atoms. The maximum absolute atomic E-state index is 6.15. The second-order valence-corrected chi connectivity index (χ2v) is 8.87. The molecule has 1 saturated heterocycles. The first-order valence-corrected chi connectivity index (χ1v) is 11.3. The highest BCUT2D eigenvalue weighted by Crippen LogP contribution is 2.30. The number of nitrogens with zero attached hydrogens (tertiary/aromatic N) is 1. The minimum absolute atomic E-state index is 0. The van der Waals surface area contributed by atoms with Crippen molar-refractivity contribution >= 4 is 23.2 Å². The zero-order valence-corrected chi connectivity index (χ0v) is 18.5. The Balaban J connectivity index is 0.00000218. The van der Waals surface area contributed by atoms with Gasteiger partial charge in [0, 0.05) is 6.54 Å². The molecule has 1 aliphatic carbocycles. The molecule has 2 nitrogen and oxygen atoms in total. The van der Waals surface area contributed by atoms with Gasteiger partial charge in [0.15, 0.2) is 0 Å². The van der Waals surface area contributed by atoms with Gasteiger partial charge >= 0.3 is 0 Å². The highest BCUT2D eigenvalue weighted by Gasteiger charge is 2.22. The third-order valence-corrected chi connectivity index (χ3v) is 6.69. The molecule has 0 N–H and O–H groups in total. The molecule has 0 saturated carbocycles. The van der Waals surface area contributed by atoms with Crippen LogP contribution >= 0.6 is 12.4 Å². The van der Waals surface area contributed by atoms with Gasteiger partial charge < -0.3 is 9.64 Å². The van der Waals surface area contributed by atoms with Crippen LogP contribution in [0.5, 0.6) is 5.75 Å². The van der Waals surface area contributed by atoms with Crippen LogP contribution in [0.2, 0.25) is 0 Å². The van der Waals surface area contributed by atoms with E-state index >= 15 is 0 Å². The first kappa shape index (κ1) is 21.2. The van der Waals surface area contributed by atoms with Crippen molar-refractivity contribution in [2.24, 2.45) is 5.92 Å². The lowest BCUT2D eigenvalue weighted by molar-refractivity contribution is 0.187. The molecular formula is C27H32ClNO. The monoisotopic (exact) mass is 421 g/mol. The van der Waals surface area contributed by atoms with E-state index in [9.17, 15) is 0 Å². The van der Waals surface area contributed by atoms with Gasteiger partial charge in [-0.25, -0.2) is 0 Å². The maximum atomic E-state index is 6.15. The molecule has 3 aromatic carbocycles. The van der Waals surface area contributed by atoms with Crippen molar-refractivity contribution in [1.82, 2.24) is 4.90 Å². The lowest BCUT2D eigenvalue weighted by Crippen LogP contribution is -2.36. The third-order valence-electron chi connectivity index (χ3n) is 6.69. The fraction of sp³-hybridized carbons (Fsp3) is 0.407. The average Bonchev–Trinajstić information content (AvgIpc) is 2.78. The van der Waals surface area contributed by atoms with Gasteiger partial charge in [0.05, 0.1) is 0 Å². The molecular weight excluding hydrogens is 390 g/mol. The third kappa shape index (κ3) is 4.99. The molecule has 0 amide bonds. The van der Waals surface area contributed by atoms with E-state index in [2.05, 4.69) is 65.6 Å². The van der Waals surface area contributed by atoms with Gasteiger partial charge in [-0.15, -0.1) is 12.4 Å². The smallest absolute Gasteiger partial charge is 0.120 e. The Labute approximate surface area is 186 Å². The topological polar surface area (TPSA) is 12.5 Å². The van der Waals surface area contributed by atoms with E-state index < -0.39 is 0 Å². The van der Waals surface area contributed by atoms with E-state index in [0.717, 1.165) is 11.7 Å². The number of aryl methyl sites for hydroxylation is 1. The summed E-state index contributed by atoms with van der Waals surface area (Å²) in [5, 5.41) is 2.56. The van der Waals surface area contributed by atoms with Gasteiger partial charge in [-0.2, -0.15) is 0 Å². The van der Waals surface area contributed by atoms with E-state index in [1.807, 2.05) is 0 Å². The van der Waals surface area contributed by atoms with Crippen molar-refractivity contribution in [1.29, 1.82) is 0 Å². The summed E-state index contributed by atoms with van der Waals surface area (Å²) in [6.45, 7) is 4.54. The van der Waals surface area contributed by atoms with Crippen LogP contribution in [0.4, 0.5) is 0 Å². The Morgan fingerprint density at radius 3 is 2.53 bits per heavy atom. The molecule has 1 fully saturated rings. The number of ether oxygens (including phenoxy) is 1. The number of piperidine rings is 1. The van der Waals surface area contributed by atoms with Crippen LogP contribution in [-0.2, 0) is 19.4 Å². The summed E-state index contributed by atoms with van der Waals surface area (Å²) in [6.07, 6.45) is 7.95. The second-order valence-electron chi connectivity index (χ2n) is 8.87. The number of benzene rings is 3. The van der Waals surface area contributed by atoms with Crippen LogP contribution in [0.3, 0.4) is 0 Å². The van der Waals surface area contributed by atoms with Crippen LogP contribution in [-0.4, -0.2) is 24.5 Å². The number of halogens is 1. The standard InChI is InChI=1S/C27H31NO.ClH/c1-4-14-28(15-5-1)19-21-8-11-26-18-27(13-12-25(26)16-21)29-20-22-9-10-23-6-2-3-7-24(23)17-22;/h2-3,6-7,9-10,12-13,17-18,21H,1,4-5,8,11,14-16,19-20H2;1H. The van der Waals surface area contributed by atoms with Gasteiger partial charge in [0.1, 0.15) is 12.4 Å². The van der Waals surface area contributed by atoms with E-state index in [1.165, 1.54) is 85.6 Å². The first-order chi connectivity index (χ1) is 14.3. The molecule has 0 aromatic heterocycles. The zero-order valence-electron chi connectivity index (χ0n) is 17.7. The molecule has 158 valence electrons. The molecule has 1 aliphatic heterocycles. The molecule has 5 rings (SSSR count). The number of fused-ring (bicyclic) bond motifs is 2. The van der Waals surface area contributed by atoms with Gasteiger partial charge in [-0.1, -0.05) is 48.9 Å². The highest BCUT2D eigenvalue weighted by atomic mass is 35.5. The normalized spacial score (nSPS) is 19.1. The predicted octanol–water partition coefficient (Wildman–Crippen LogP) is 6.43. The van der Waals surface area contributed by atoms with Crippen LogP contribution in [0.1, 0.15) is 42.4 Å². The fourth-order valence-electron chi connectivity index (χ4n) is 5.05. The van der Waals surface area contributed by atoms with E-state index in [-0.39, 0.29) is 12.4 Å². The van der Waals surface area contributed by atoms with Crippen molar-refractivity contribution in [3.05, 3.63) is 77.4 Å². The van der Waals surface area contributed by atoms with Gasteiger partial charge in [0.2, 0.25) is 0 Å². The Bertz CT molecular complexity index is 980. The number of hydrogen-bond acceptors (Lipinski definition) is 2. The Morgan fingerprint density at radius 1 is 0.833 bits per heavy atom. The summed E-state index contributed by atoms with van der Waals surface area (Å²) >= 11 is 0. The summed E-state index contributed by atoms with van der Waals surface area (Å²) in [5.74, 6) is 1.83. The SMILES string of the molecule is Cl.c1ccc2cc(COc3ccc4c(c3)CCC(CN3CCCCC3)C4)ccc2c1. The quantitative estimate of drug-likeness (QED) is 0.470. The average molecular weight is 422 g/mol. The molecule has 1 unspecified atom stereocenters. The maximum Gasteiger partial charge on any atom is 0.120 e. The summed E-state index contributed by atoms with van der Waals surface area (Å²) in [4.78, 5) is 2.69. The van der Waals surface area contributed by atoms with Crippen molar-refractivity contribution in [2.75, 3.05) is 19.6 Å². The van der Waals surface area contributed by atoms with Gasteiger partial charge in [-0.3, -0.25) is 0 Å². The summed E-state index contributed by atoms with van der Waals surface area (Å²) < 4.78 is 6.15. The van der Waals surface area contributed by atoms with Crippen molar-refractivity contribution in [3.63, 3.8) is 0 Å². The molecule has 1 atom stereocenters. The van der Waals surface area contributed by atoms with Crippen molar-refractivity contribution in [2.45, 2.75) is 45.1 Å². The van der Waals surface area contributed by atoms with Gasteiger partial charge in [-0.05, 0) is 96.8 Å². The second kappa shape index (κ2) is 9.85. The first-order valence-electron chi connectivity index (χ1n) is 11.3. The lowest BCUT2D eigenvalue weighted by Gasteiger charge is -2.33. The summed E-state index contributed by atoms with van der Waals surface area (Å²) in [5.41, 5.74) is 4.26. The van der Waals surface area contributed by atoms with Crippen molar-refractivity contribution < 1.29 is 4.74 Å². The zero-order chi connectivity index (χ0) is 19.5. The molecule has 3 heteroatoms. The largest absolute Gasteiger partial charge is 0.489 e. The Morgan fingerprint density at radius 2 is 1.67 bits per heavy atom. The molecule has 0 spiro atoms. The number of rotatable bonds is 5. The molecule has 2 aliphatic rings. The molecule has 3 aromatic rings. The Kier molecular flexibility index (Phi) is 6.97. The lowest BCUT2D eigenvalue weighted by atomic mass is 9.83. The minimum Gasteiger partial charge on any atom is -0.489 e. The van der Waals surface area contributed by atoms with E-state index in [4.69, 9.17) is 4.74 Å². The van der Waals surface area contributed by atoms with E-state index in [1.54, 1.807) is 0 Å². The highest BCUT2D eigenvalue weighted by molar-refractivity contribution is 5.85. The minimum atomic E-state index is 0. The fourth-order valence-corrected chi connectivity index (χ4v) is 5.05. The Hall–Kier alpha value is -2.03. The van der Waals surface area contributed by atoms with Crippen LogP contribution in [0, 0.1) is 5.92 Å². The van der Waals surface area contributed by atoms with Crippen LogP contribution < -0.4 is 4.74 Å². The molecule has 30 heavy (non-hydrogen) atoms. The van der Waals surface area contributed by atoms with Crippen molar-refractivity contribution in [3.8, 4) is 5.75 Å². The molecule has 1 heterocycles. The number of likely N-dealkylation sites (tertiary alicyclic amines) is 1. The molecule has 0 radical (unpaired) electrons. The van der Waals surface area contributed by atoms with Crippen LogP contribution in [0.25, 0.3) is 10.8 Å². The summed E-state index contributed by atoms with van der Waals surface area (Å²) in [6, 6.07) is 21.9. The number of hydrogen-bond donors (Lipinski definition) is 0. The van der Waals surface area contributed by atoms with Crippen LogP contribution in [0.15, 0.2) is 60.7 Å².